The molecule has 1 aliphatic rings. The molecular formula is C10H12BrNO3. The van der Waals surface area contributed by atoms with Gasteiger partial charge in [-0.3, -0.25) is 4.79 Å². The van der Waals surface area contributed by atoms with Crippen LogP contribution < -0.4 is 5.32 Å². The van der Waals surface area contributed by atoms with Crippen molar-refractivity contribution in [2.45, 2.75) is 6.92 Å². The largest absolute Gasteiger partial charge is 0.457 e. The summed E-state index contributed by atoms with van der Waals surface area (Å²) < 4.78 is 10.6. The van der Waals surface area contributed by atoms with E-state index >= 15 is 0 Å². The van der Waals surface area contributed by atoms with Crippen LogP contribution in [0.15, 0.2) is 21.4 Å². The van der Waals surface area contributed by atoms with Crippen LogP contribution >= 0.6 is 15.9 Å². The lowest BCUT2D eigenvalue weighted by molar-refractivity contribution is -0.0978. The van der Waals surface area contributed by atoms with E-state index < -0.39 is 0 Å². The molecule has 2 heterocycles. The van der Waals surface area contributed by atoms with Gasteiger partial charge in [-0.15, -0.1) is 0 Å². The first-order valence-electron chi connectivity index (χ1n) is 4.70. The number of furan rings is 1. The number of amides is 1. The zero-order chi connectivity index (χ0) is 10.9. The first kappa shape index (κ1) is 10.7. The summed E-state index contributed by atoms with van der Waals surface area (Å²) in [6.07, 6.45) is 1.48. The number of carbonyl (C=O) groups is 1. The van der Waals surface area contributed by atoms with Crippen molar-refractivity contribution in [3.8, 4) is 0 Å². The molecule has 1 aliphatic heterocycles. The second kappa shape index (κ2) is 3.98. The smallest absolute Gasteiger partial charge is 0.255 e. The minimum atomic E-state index is -0.122. The molecule has 2 rings (SSSR count). The first-order chi connectivity index (χ1) is 7.11. The molecule has 0 atom stereocenters. The highest BCUT2D eigenvalue weighted by atomic mass is 79.9. The Morgan fingerprint density at radius 3 is 2.87 bits per heavy atom. The van der Waals surface area contributed by atoms with E-state index in [1.54, 1.807) is 6.07 Å². The fraction of sp³-hybridized carbons (Fsp3) is 0.500. The normalized spacial score (nSPS) is 18.3. The molecule has 1 fully saturated rings. The van der Waals surface area contributed by atoms with E-state index in [9.17, 15) is 4.79 Å². The van der Waals surface area contributed by atoms with Gasteiger partial charge in [0, 0.05) is 12.0 Å². The zero-order valence-electron chi connectivity index (χ0n) is 8.38. The Labute approximate surface area is 96.1 Å². The van der Waals surface area contributed by atoms with Crippen molar-refractivity contribution in [2.24, 2.45) is 5.41 Å². The molecule has 1 aromatic heterocycles. The summed E-state index contributed by atoms with van der Waals surface area (Å²) >= 11 is 3.17. The summed E-state index contributed by atoms with van der Waals surface area (Å²) in [5, 5.41) is 2.86. The van der Waals surface area contributed by atoms with E-state index in [0.29, 0.717) is 30.0 Å². The maximum Gasteiger partial charge on any atom is 0.255 e. The van der Waals surface area contributed by atoms with Crippen molar-refractivity contribution in [3.05, 3.63) is 22.6 Å². The maximum atomic E-state index is 11.7. The Balaban J connectivity index is 1.90. The lowest BCUT2D eigenvalue weighted by Crippen LogP contribution is -2.48. The Morgan fingerprint density at radius 1 is 1.67 bits per heavy atom. The average molecular weight is 274 g/mol. The number of hydrogen-bond donors (Lipinski definition) is 1. The average Bonchev–Trinajstić information content (AvgIpc) is 2.58. The summed E-state index contributed by atoms with van der Waals surface area (Å²) in [4.78, 5) is 11.7. The van der Waals surface area contributed by atoms with Crippen LogP contribution in [-0.2, 0) is 4.74 Å². The standard InChI is InChI=1S/C10H12BrNO3/c1-10(5-14-6-10)4-12-9(13)7-2-3-15-8(7)11/h2-3H,4-6H2,1H3,(H,12,13). The van der Waals surface area contributed by atoms with Crippen molar-refractivity contribution in [1.29, 1.82) is 0 Å². The van der Waals surface area contributed by atoms with Gasteiger partial charge in [0.15, 0.2) is 4.67 Å². The molecule has 1 amide bonds. The van der Waals surface area contributed by atoms with E-state index in [4.69, 9.17) is 9.15 Å². The Hall–Kier alpha value is -0.810. The quantitative estimate of drug-likeness (QED) is 0.914. The zero-order valence-corrected chi connectivity index (χ0v) is 9.96. The fourth-order valence-electron chi connectivity index (χ4n) is 1.40. The third-order valence-corrected chi connectivity index (χ3v) is 3.05. The second-order valence-electron chi connectivity index (χ2n) is 4.09. The summed E-state index contributed by atoms with van der Waals surface area (Å²) in [6, 6.07) is 1.64. The fourth-order valence-corrected chi connectivity index (χ4v) is 1.82. The number of rotatable bonds is 3. The molecule has 1 saturated heterocycles. The first-order valence-corrected chi connectivity index (χ1v) is 5.49. The van der Waals surface area contributed by atoms with Gasteiger partial charge in [0.1, 0.15) is 0 Å². The van der Waals surface area contributed by atoms with Gasteiger partial charge in [-0.1, -0.05) is 6.92 Å². The van der Waals surface area contributed by atoms with Crippen molar-refractivity contribution in [2.75, 3.05) is 19.8 Å². The van der Waals surface area contributed by atoms with Gasteiger partial charge < -0.3 is 14.5 Å². The monoisotopic (exact) mass is 273 g/mol. The minimum Gasteiger partial charge on any atom is -0.457 e. The van der Waals surface area contributed by atoms with Gasteiger partial charge in [0.25, 0.3) is 5.91 Å². The van der Waals surface area contributed by atoms with Crippen LogP contribution in [0.1, 0.15) is 17.3 Å². The van der Waals surface area contributed by atoms with E-state index in [-0.39, 0.29) is 11.3 Å². The van der Waals surface area contributed by atoms with Crippen LogP contribution in [0.5, 0.6) is 0 Å². The molecule has 0 unspecified atom stereocenters. The van der Waals surface area contributed by atoms with Gasteiger partial charge in [-0.25, -0.2) is 0 Å². The SMILES string of the molecule is CC1(CNC(=O)c2ccoc2Br)COC1. The van der Waals surface area contributed by atoms with E-state index in [2.05, 4.69) is 28.2 Å². The lowest BCUT2D eigenvalue weighted by Gasteiger charge is -2.37. The third-order valence-electron chi connectivity index (χ3n) is 2.44. The van der Waals surface area contributed by atoms with E-state index in [1.807, 2.05) is 0 Å². The molecule has 0 radical (unpaired) electrons. The summed E-state index contributed by atoms with van der Waals surface area (Å²) in [5.74, 6) is -0.122. The number of carbonyl (C=O) groups excluding carboxylic acids is 1. The molecule has 1 aromatic rings. The summed E-state index contributed by atoms with van der Waals surface area (Å²) in [7, 11) is 0. The van der Waals surface area contributed by atoms with E-state index in [0.717, 1.165) is 0 Å². The van der Waals surface area contributed by atoms with Gasteiger partial charge in [-0.2, -0.15) is 0 Å². The molecule has 0 saturated carbocycles. The molecule has 4 nitrogen and oxygen atoms in total. The number of nitrogens with one attached hydrogen (secondary N) is 1. The molecule has 5 heteroatoms. The Morgan fingerprint density at radius 2 is 2.40 bits per heavy atom. The highest BCUT2D eigenvalue weighted by molar-refractivity contribution is 9.10. The highest BCUT2D eigenvalue weighted by Crippen LogP contribution is 2.25. The van der Waals surface area contributed by atoms with E-state index in [1.165, 1.54) is 6.26 Å². The minimum absolute atomic E-state index is 0.0892. The topological polar surface area (TPSA) is 51.5 Å². The van der Waals surface area contributed by atoms with Crippen molar-refractivity contribution < 1.29 is 13.9 Å². The molecule has 1 N–H and O–H groups in total. The second-order valence-corrected chi connectivity index (χ2v) is 4.81. The Kier molecular flexibility index (Phi) is 2.84. The van der Waals surface area contributed by atoms with Crippen LogP contribution in [0.25, 0.3) is 0 Å². The van der Waals surface area contributed by atoms with Crippen molar-refractivity contribution >= 4 is 21.8 Å². The molecule has 0 spiro atoms. The Bertz CT molecular complexity index is 370. The number of hydrogen-bond acceptors (Lipinski definition) is 3. The van der Waals surface area contributed by atoms with Crippen molar-refractivity contribution in [3.63, 3.8) is 0 Å². The van der Waals surface area contributed by atoms with Gasteiger partial charge in [0.05, 0.1) is 25.0 Å². The highest BCUT2D eigenvalue weighted by Gasteiger charge is 2.33. The van der Waals surface area contributed by atoms with Gasteiger partial charge in [-0.05, 0) is 22.0 Å². The predicted octanol–water partition coefficient (Wildman–Crippen LogP) is 1.81. The molecule has 0 aromatic carbocycles. The van der Waals surface area contributed by atoms with Crippen LogP contribution in [0.3, 0.4) is 0 Å². The number of halogens is 1. The van der Waals surface area contributed by atoms with Crippen LogP contribution in [0, 0.1) is 5.41 Å². The third kappa shape index (κ3) is 2.23. The number of ether oxygens (including phenoxy) is 1. The summed E-state index contributed by atoms with van der Waals surface area (Å²) in [6.45, 7) is 4.13. The van der Waals surface area contributed by atoms with Gasteiger partial charge in [0.2, 0.25) is 0 Å². The predicted molar refractivity (Wildman–Crippen MR) is 57.7 cm³/mol. The molecular weight excluding hydrogens is 262 g/mol. The van der Waals surface area contributed by atoms with Crippen molar-refractivity contribution in [1.82, 2.24) is 5.32 Å². The maximum absolute atomic E-state index is 11.7. The molecule has 82 valence electrons. The van der Waals surface area contributed by atoms with Crippen LogP contribution in [0.2, 0.25) is 0 Å². The van der Waals surface area contributed by atoms with Crippen LogP contribution in [0.4, 0.5) is 0 Å². The molecule has 0 bridgehead atoms. The molecule has 0 aliphatic carbocycles. The van der Waals surface area contributed by atoms with Gasteiger partial charge >= 0.3 is 0 Å². The molecule has 15 heavy (non-hydrogen) atoms. The van der Waals surface area contributed by atoms with Crippen LogP contribution in [-0.4, -0.2) is 25.7 Å². The lowest BCUT2D eigenvalue weighted by atomic mass is 9.89. The summed E-state index contributed by atoms with van der Waals surface area (Å²) in [5.41, 5.74) is 0.616.